The highest BCUT2D eigenvalue weighted by Gasteiger charge is 2.26. The van der Waals surface area contributed by atoms with E-state index in [1.165, 1.54) is 18.5 Å². The highest BCUT2D eigenvalue weighted by atomic mass is 16.5. The Bertz CT molecular complexity index is 1180. The molecule has 6 rings (SSSR count). The minimum Gasteiger partial charge on any atom is -0.490 e. The lowest BCUT2D eigenvalue weighted by molar-refractivity contribution is 0.0115. The van der Waals surface area contributed by atoms with Crippen molar-refractivity contribution >= 4 is 23.0 Å². The highest BCUT2D eigenvalue weighted by molar-refractivity contribution is 5.70. The van der Waals surface area contributed by atoms with Gasteiger partial charge < -0.3 is 20.1 Å². The fraction of sp³-hybridized carbons (Fsp3) is 0.458. The number of ether oxygens (including phenoxy) is 2. The van der Waals surface area contributed by atoms with Crippen LogP contribution in [0.1, 0.15) is 25.1 Å². The molecule has 1 aromatic carbocycles. The van der Waals surface area contributed by atoms with Gasteiger partial charge >= 0.3 is 0 Å². The number of nitrogens with two attached hydrogens (primary N) is 1. The number of hydrogen-bond acceptors (Lipinski definition) is 8. The monoisotopic (exact) mass is 447 g/mol. The molecule has 9 nitrogen and oxygen atoms in total. The first-order chi connectivity index (χ1) is 16.2. The van der Waals surface area contributed by atoms with Crippen LogP contribution in [0.2, 0.25) is 0 Å². The quantitative estimate of drug-likeness (QED) is 0.652. The van der Waals surface area contributed by atoms with Gasteiger partial charge in [-0.15, -0.1) is 5.10 Å². The standard InChI is InChI=1S/C24H29N7O2/c25-24-26-20(16-22-27-23(28-31(22)24)21-5-2-12-33-21)17-3-1-4-19(15-17)29-8-6-18(7-9-29)30-10-13-32-14-11-30/h1,3-5,15-16,18H,2,6-14H2,(H2,25,26). The molecule has 33 heavy (non-hydrogen) atoms. The number of rotatable bonds is 4. The van der Waals surface area contributed by atoms with Gasteiger partial charge in [-0.05, 0) is 31.1 Å². The summed E-state index contributed by atoms with van der Waals surface area (Å²) in [6.45, 7) is 6.63. The van der Waals surface area contributed by atoms with Crippen LogP contribution in [0.3, 0.4) is 0 Å². The maximum atomic E-state index is 6.24. The Kier molecular flexibility index (Phi) is 5.35. The van der Waals surface area contributed by atoms with Gasteiger partial charge in [0.1, 0.15) is 0 Å². The fourth-order valence-corrected chi connectivity index (χ4v) is 5.03. The molecule has 5 heterocycles. The third-order valence-electron chi connectivity index (χ3n) is 6.81. The number of nitrogens with zero attached hydrogens (tertiary/aromatic N) is 6. The fourth-order valence-electron chi connectivity index (χ4n) is 5.03. The first-order valence-electron chi connectivity index (χ1n) is 11.8. The van der Waals surface area contributed by atoms with E-state index in [2.05, 4.69) is 49.1 Å². The van der Waals surface area contributed by atoms with Crippen LogP contribution in [0.15, 0.2) is 36.4 Å². The van der Waals surface area contributed by atoms with Gasteiger partial charge in [0, 0.05) is 56.0 Å². The van der Waals surface area contributed by atoms with Gasteiger partial charge in [-0.1, -0.05) is 12.1 Å². The van der Waals surface area contributed by atoms with Crippen LogP contribution in [0, 0.1) is 0 Å². The van der Waals surface area contributed by atoms with E-state index >= 15 is 0 Å². The molecular formula is C24H29N7O2. The normalized spacial score (nSPS) is 20.2. The van der Waals surface area contributed by atoms with Crippen LogP contribution in [0.25, 0.3) is 22.7 Å². The van der Waals surface area contributed by atoms with Crippen LogP contribution in [-0.2, 0) is 9.47 Å². The molecule has 0 atom stereocenters. The maximum absolute atomic E-state index is 6.24. The van der Waals surface area contributed by atoms with Gasteiger partial charge in [-0.3, -0.25) is 4.90 Å². The molecule has 9 heteroatoms. The summed E-state index contributed by atoms with van der Waals surface area (Å²) in [6, 6.07) is 11.1. The predicted octanol–water partition coefficient (Wildman–Crippen LogP) is 2.44. The number of fused-ring (bicyclic) bond motifs is 1. The Balaban J connectivity index is 1.22. The summed E-state index contributed by atoms with van der Waals surface area (Å²) >= 11 is 0. The molecule has 2 N–H and O–H groups in total. The third kappa shape index (κ3) is 4.02. The number of benzene rings is 1. The molecule has 3 aliphatic rings. The van der Waals surface area contributed by atoms with E-state index in [1.807, 2.05) is 12.1 Å². The molecule has 2 saturated heterocycles. The summed E-state index contributed by atoms with van der Waals surface area (Å²) in [4.78, 5) is 14.3. The zero-order valence-corrected chi connectivity index (χ0v) is 18.7. The molecule has 0 amide bonds. The van der Waals surface area contributed by atoms with Crippen LogP contribution >= 0.6 is 0 Å². The van der Waals surface area contributed by atoms with Crippen molar-refractivity contribution < 1.29 is 9.47 Å². The minimum absolute atomic E-state index is 0.316. The molecule has 0 radical (unpaired) electrons. The molecule has 0 aliphatic carbocycles. The summed E-state index contributed by atoms with van der Waals surface area (Å²) in [7, 11) is 0. The lowest BCUT2D eigenvalue weighted by atomic mass is 10.0. The van der Waals surface area contributed by atoms with Crippen LogP contribution in [0.4, 0.5) is 11.6 Å². The second kappa shape index (κ2) is 8.64. The van der Waals surface area contributed by atoms with Crippen molar-refractivity contribution in [1.82, 2.24) is 24.5 Å². The van der Waals surface area contributed by atoms with Gasteiger partial charge in [0.25, 0.3) is 0 Å². The van der Waals surface area contributed by atoms with E-state index < -0.39 is 0 Å². The minimum atomic E-state index is 0.316. The molecule has 2 fully saturated rings. The molecule has 0 unspecified atom stereocenters. The van der Waals surface area contributed by atoms with Crippen LogP contribution in [-0.4, -0.2) is 76.5 Å². The first kappa shape index (κ1) is 20.4. The smallest absolute Gasteiger partial charge is 0.223 e. The van der Waals surface area contributed by atoms with Gasteiger partial charge in [0.2, 0.25) is 11.8 Å². The maximum Gasteiger partial charge on any atom is 0.223 e. The summed E-state index contributed by atoms with van der Waals surface area (Å²) in [5, 5.41) is 4.47. The molecule has 0 spiro atoms. The number of aromatic nitrogens is 4. The first-order valence-corrected chi connectivity index (χ1v) is 11.8. The van der Waals surface area contributed by atoms with Crippen molar-refractivity contribution in [3.05, 3.63) is 42.2 Å². The summed E-state index contributed by atoms with van der Waals surface area (Å²) in [5.74, 6) is 1.58. The molecular weight excluding hydrogens is 418 g/mol. The second-order valence-electron chi connectivity index (χ2n) is 8.83. The summed E-state index contributed by atoms with van der Waals surface area (Å²) in [6.07, 6.45) is 5.25. The van der Waals surface area contributed by atoms with E-state index in [4.69, 9.17) is 15.2 Å². The van der Waals surface area contributed by atoms with E-state index in [1.54, 1.807) is 4.52 Å². The lowest BCUT2D eigenvalue weighted by Gasteiger charge is -2.40. The largest absolute Gasteiger partial charge is 0.490 e. The predicted molar refractivity (Wildman–Crippen MR) is 127 cm³/mol. The van der Waals surface area contributed by atoms with E-state index in [-0.39, 0.29) is 0 Å². The molecule has 2 aromatic heterocycles. The Morgan fingerprint density at radius 3 is 2.61 bits per heavy atom. The Labute approximate surface area is 192 Å². The average molecular weight is 448 g/mol. The van der Waals surface area contributed by atoms with E-state index in [0.29, 0.717) is 35.8 Å². The van der Waals surface area contributed by atoms with Crippen LogP contribution < -0.4 is 10.6 Å². The third-order valence-corrected chi connectivity index (χ3v) is 6.81. The van der Waals surface area contributed by atoms with Gasteiger partial charge in [-0.25, -0.2) is 9.97 Å². The van der Waals surface area contributed by atoms with Gasteiger partial charge in [0.05, 0.1) is 25.5 Å². The molecule has 0 bridgehead atoms. The van der Waals surface area contributed by atoms with E-state index in [0.717, 1.165) is 57.1 Å². The zero-order valence-electron chi connectivity index (χ0n) is 18.7. The number of anilines is 2. The zero-order chi connectivity index (χ0) is 22.2. The summed E-state index contributed by atoms with van der Waals surface area (Å²) in [5.41, 5.74) is 9.95. The molecule has 172 valence electrons. The molecule has 3 aliphatic heterocycles. The molecule has 0 saturated carbocycles. The van der Waals surface area contributed by atoms with Crippen LogP contribution in [0.5, 0.6) is 0 Å². The van der Waals surface area contributed by atoms with Gasteiger partial charge in [-0.2, -0.15) is 4.52 Å². The van der Waals surface area contributed by atoms with Crippen molar-refractivity contribution in [1.29, 1.82) is 0 Å². The Hall–Kier alpha value is -3.17. The Morgan fingerprint density at radius 2 is 1.82 bits per heavy atom. The van der Waals surface area contributed by atoms with Crippen molar-refractivity contribution in [3.8, 4) is 11.3 Å². The Morgan fingerprint density at radius 1 is 0.970 bits per heavy atom. The molecule has 3 aromatic rings. The van der Waals surface area contributed by atoms with E-state index in [9.17, 15) is 0 Å². The van der Waals surface area contributed by atoms with Crippen molar-refractivity contribution in [2.24, 2.45) is 0 Å². The second-order valence-corrected chi connectivity index (χ2v) is 8.83. The highest BCUT2D eigenvalue weighted by Crippen LogP contribution is 2.29. The van der Waals surface area contributed by atoms with Crippen molar-refractivity contribution in [2.45, 2.75) is 25.3 Å². The average Bonchev–Trinajstić information content (AvgIpc) is 3.55. The SMILES string of the molecule is Nc1nc(-c2cccc(N3CCC(N4CCOCC4)CC3)c2)cc2nc(C3=CCCO3)nn12. The van der Waals surface area contributed by atoms with Crippen molar-refractivity contribution in [3.63, 3.8) is 0 Å². The number of hydrogen-bond donors (Lipinski definition) is 1. The summed E-state index contributed by atoms with van der Waals surface area (Å²) < 4.78 is 12.7. The number of morpholine rings is 1. The lowest BCUT2D eigenvalue weighted by Crippen LogP contribution is -2.49. The van der Waals surface area contributed by atoms with Gasteiger partial charge in [0.15, 0.2) is 11.4 Å². The van der Waals surface area contributed by atoms with Crippen molar-refractivity contribution in [2.75, 3.05) is 56.6 Å². The number of piperidine rings is 1. The number of nitrogen functional groups attached to an aromatic ring is 1. The topological polar surface area (TPSA) is 94.0 Å².